The van der Waals surface area contributed by atoms with Gasteiger partial charge in [-0.3, -0.25) is 14.6 Å². The van der Waals surface area contributed by atoms with Crippen molar-refractivity contribution in [2.75, 3.05) is 31.1 Å². The number of amides is 1. The van der Waals surface area contributed by atoms with Gasteiger partial charge in [0.05, 0.1) is 5.69 Å². The van der Waals surface area contributed by atoms with Crippen molar-refractivity contribution in [1.82, 2.24) is 15.2 Å². The van der Waals surface area contributed by atoms with Crippen LogP contribution in [-0.2, 0) is 11.3 Å². The second-order valence-electron chi connectivity index (χ2n) is 4.97. The Morgan fingerprint density at radius 2 is 2.40 bits per heavy atom. The molecule has 1 aliphatic heterocycles. The van der Waals surface area contributed by atoms with Crippen molar-refractivity contribution in [3.8, 4) is 0 Å². The first-order chi connectivity index (χ1) is 9.10. The monoisotopic (exact) mass is 318 g/mol. The number of rotatable bonds is 4. The number of hydrogen-bond donors (Lipinski definition) is 1. The molecular formula is C13H23ClN4OS. The molecule has 0 bridgehead atoms. The van der Waals surface area contributed by atoms with Crippen LogP contribution in [0.3, 0.4) is 0 Å². The molecule has 1 fully saturated rings. The van der Waals surface area contributed by atoms with Crippen LogP contribution >= 0.6 is 23.7 Å². The average molecular weight is 319 g/mol. The SMILES string of the molecule is CCN(C(C)=O)c1nc(CN2CCN[C@H](C)C2)cs1.Cl. The molecular weight excluding hydrogens is 296 g/mol. The molecule has 1 N–H and O–H groups in total. The molecule has 5 nitrogen and oxygen atoms in total. The number of thiazole rings is 1. The second kappa shape index (κ2) is 7.93. The molecule has 1 saturated heterocycles. The topological polar surface area (TPSA) is 48.5 Å². The number of nitrogens with zero attached hydrogens (tertiary/aromatic N) is 3. The highest BCUT2D eigenvalue weighted by Gasteiger charge is 2.18. The number of anilines is 1. The highest BCUT2D eigenvalue weighted by molar-refractivity contribution is 7.14. The van der Waals surface area contributed by atoms with E-state index in [2.05, 4.69) is 27.5 Å². The molecule has 1 atom stereocenters. The third kappa shape index (κ3) is 4.41. The smallest absolute Gasteiger partial charge is 0.225 e. The van der Waals surface area contributed by atoms with E-state index in [1.165, 1.54) is 0 Å². The minimum Gasteiger partial charge on any atom is -0.312 e. The fourth-order valence-corrected chi connectivity index (χ4v) is 3.29. The standard InChI is InChI=1S/C13H22N4OS.ClH/c1-4-17(11(3)18)13-15-12(9-19-13)8-16-6-5-14-10(2)7-16;/h9-10,14H,4-8H2,1-3H3;1H/t10-;/m1./s1. The quantitative estimate of drug-likeness (QED) is 0.918. The zero-order valence-electron chi connectivity index (χ0n) is 12.3. The Balaban J connectivity index is 0.00000200. The molecule has 1 aliphatic rings. The van der Waals surface area contributed by atoms with Crippen molar-refractivity contribution in [2.24, 2.45) is 0 Å². The van der Waals surface area contributed by atoms with Crippen molar-refractivity contribution < 1.29 is 4.79 Å². The second-order valence-corrected chi connectivity index (χ2v) is 5.81. The van der Waals surface area contributed by atoms with E-state index in [4.69, 9.17) is 0 Å². The van der Waals surface area contributed by atoms with Gasteiger partial charge in [-0.05, 0) is 13.8 Å². The van der Waals surface area contributed by atoms with E-state index in [1.54, 1.807) is 23.2 Å². The number of aromatic nitrogens is 1. The van der Waals surface area contributed by atoms with E-state index < -0.39 is 0 Å². The maximum absolute atomic E-state index is 11.5. The van der Waals surface area contributed by atoms with E-state index >= 15 is 0 Å². The highest BCUT2D eigenvalue weighted by Crippen LogP contribution is 2.21. The summed E-state index contributed by atoms with van der Waals surface area (Å²) in [6.45, 7) is 10.5. The number of carbonyl (C=O) groups is 1. The van der Waals surface area contributed by atoms with Gasteiger partial charge in [0.15, 0.2) is 5.13 Å². The number of hydrogen-bond acceptors (Lipinski definition) is 5. The molecule has 0 radical (unpaired) electrons. The van der Waals surface area contributed by atoms with Gasteiger partial charge in [0.1, 0.15) is 0 Å². The summed E-state index contributed by atoms with van der Waals surface area (Å²) in [6.07, 6.45) is 0. The van der Waals surface area contributed by atoms with Crippen LogP contribution in [-0.4, -0.2) is 48.0 Å². The summed E-state index contributed by atoms with van der Waals surface area (Å²) in [7, 11) is 0. The summed E-state index contributed by atoms with van der Waals surface area (Å²) in [5.74, 6) is 0.0548. The lowest BCUT2D eigenvalue weighted by atomic mass is 10.2. The Morgan fingerprint density at radius 3 is 3.00 bits per heavy atom. The van der Waals surface area contributed by atoms with Gasteiger partial charge in [0.25, 0.3) is 0 Å². The molecule has 20 heavy (non-hydrogen) atoms. The Hall–Kier alpha value is -0.690. The van der Waals surface area contributed by atoms with Crippen molar-refractivity contribution in [3.63, 3.8) is 0 Å². The first kappa shape index (κ1) is 17.4. The molecule has 1 aromatic rings. The molecule has 2 rings (SSSR count). The van der Waals surface area contributed by atoms with Gasteiger partial charge in [-0.15, -0.1) is 23.7 Å². The third-order valence-electron chi connectivity index (χ3n) is 3.31. The van der Waals surface area contributed by atoms with E-state index in [1.807, 2.05) is 6.92 Å². The lowest BCUT2D eigenvalue weighted by Crippen LogP contribution is -2.48. The first-order valence-electron chi connectivity index (χ1n) is 6.78. The summed E-state index contributed by atoms with van der Waals surface area (Å²) >= 11 is 1.55. The number of nitrogens with one attached hydrogen (secondary N) is 1. The van der Waals surface area contributed by atoms with Crippen LogP contribution in [0.25, 0.3) is 0 Å². The average Bonchev–Trinajstić information content (AvgIpc) is 2.78. The van der Waals surface area contributed by atoms with Gasteiger partial charge < -0.3 is 5.32 Å². The Labute approximate surface area is 130 Å². The fourth-order valence-electron chi connectivity index (χ4n) is 2.37. The van der Waals surface area contributed by atoms with Crippen molar-refractivity contribution >= 4 is 34.8 Å². The van der Waals surface area contributed by atoms with Crippen LogP contribution in [0.4, 0.5) is 5.13 Å². The molecule has 7 heteroatoms. The first-order valence-corrected chi connectivity index (χ1v) is 7.66. The third-order valence-corrected chi connectivity index (χ3v) is 4.22. The van der Waals surface area contributed by atoms with Crippen LogP contribution in [0.1, 0.15) is 26.5 Å². The van der Waals surface area contributed by atoms with E-state index in [0.717, 1.165) is 37.0 Å². The van der Waals surface area contributed by atoms with Crippen LogP contribution in [0, 0.1) is 0 Å². The van der Waals surface area contributed by atoms with Crippen LogP contribution in [0.5, 0.6) is 0 Å². The molecule has 1 amide bonds. The summed E-state index contributed by atoms with van der Waals surface area (Å²) < 4.78 is 0. The van der Waals surface area contributed by atoms with Gasteiger partial charge >= 0.3 is 0 Å². The maximum atomic E-state index is 11.5. The number of piperazine rings is 1. The lowest BCUT2D eigenvalue weighted by Gasteiger charge is -2.31. The van der Waals surface area contributed by atoms with Gasteiger partial charge in [-0.2, -0.15) is 0 Å². The fraction of sp³-hybridized carbons (Fsp3) is 0.692. The van der Waals surface area contributed by atoms with Gasteiger partial charge in [0.2, 0.25) is 5.91 Å². The normalized spacial score (nSPS) is 19.4. The molecule has 114 valence electrons. The van der Waals surface area contributed by atoms with Crippen molar-refractivity contribution in [1.29, 1.82) is 0 Å². The Kier molecular flexibility index (Phi) is 6.88. The summed E-state index contributed by atoms with van der Waals surface area (Å²) in [5, 5.41) is 6.31. The van der Waals surface area contributed by atoms with Crippen molar-refractivity contribution in [3.05, 3.63) is 11.1 Å². The van der Waals surface area contributed by atoms with E-state index in [9.17, 15) is 4.79 Å². The van der Waals surface area contributed by atoms with Crippen LogP contribution in [0.15, 0.2) is 5.38 Å². The highest BCUT2D eigenvalue weighted by atomic mass is 35.5. The minimum absolute atomic E-state index is 0. The minimum atomic E-state index is 0. The Bertz CT molecular complexity index is 440. The lowest BCUT2D eigenvalue weighted by molar-refractivity contribution is -0.116. The van der Waals surface area contributed by atoms with Gasteiger partial charge in [-0.1, -0.05) is 0 Å². The zero-order valence-corrected chi connectivity index (χ0v) is 13.9. The maximum Gasteiger partial charge on any atom is 0.225 e. The van der Waals surface area contributed by atoms with Crippen LogP contribution in [0.2, 0.25) is 0 Å². The molecule has 0 aliphatic carbocycles. The molecule has 0 aromatic carbocycles. The molecule has 0 unspecified atom stereocenters. The van der Waals surface area contributed by atoms with Crippen molar-refractivity contribution in [2.45, 2.75) is 33.4 Å². The number of halogens is 1. The molecule has 0 spiro atoms. The van der Waals surface area contributed by atoms with E-state index in [-0.39, 0.29) is 18.3 Å². The molecule has 2 heterocycles. The predicted octanol–water partition coefficient (Wildman–Crippen LogP) is 1.73. The summed E-state index contributed by atoms with van der Waals surface area (Å²) in [6, 6.07) is 0.538. The number of carbonyl (C=O) groups excluding carboxylic acids is 1. The zero-order chi connectivity index (χ0) is 13.8. The largest absolute Gasteiger partial charge is 0.312 e. The summed E-state index contributed by atoms with van der Waals surface area (Å²) in [5.41, 5.74) is 1.06. The van der Waals surface area contributed by atoms with Crippen LogP contribution < -0.4 is 10.2 Å². The van der Waals surface area contributed by atoms with Gasteiger partial charge in [-0.25, -0.2) is 4.98 Å². The predicted molar refractivity (Wildman–Crippen MR) is 85.8 cm³/mol. The molecule has 0 saturated carbocycles. The van der Waals surface area contributed by atoms with Gasteiger partial charge in [0, 0.05) is 51.1 Å². The summed E-state index contributed by atoms with van der Waals surface area (Å²) in [4.78, 5) is 20.2. The molecule has 1 aromatic heterocycles. The van der Waals surface area contributed by atoms with E-state index in [0.29, 0.717) is 12.6 Å². The Morgan fingerprint density at radius 1 is 1.65 bits per heavy atom.